The molecule has 3 aromatic carbocycles. The zero-order chi connectivity index (χ0) is 22.5. The number of benzene rings is 3. The number of carboxylic acid groups (broad SMARTS) is 1. The maximum Gasteiger partial charge on any atom is 0.336 e. The first-order valence-electron chi connectivity index (χ1n) is 8.97. The summed E-state index contributed by atoms with van der Waals surface area (Å²) < 4.78 is 0. The van der Waals surface area contributed by atoms with Crippen LogP contribution < -0.4 is 5.32 Å². The van der Waals surface area contributed by atoms with E-state index in [1.54, 1.807) is 24.3 Å². The van der Waals surface area contributed by atoms with E-state index in [0.29, 0.717) is 15.5 Å². The Morgan fingerprint density at radius 1 is 0.968 bits per heavy atom. The number of nitrogens with zero attached hydrogens (tertiary/aromatic N) is 1. The largest absolute Gasteiger partial charge is 0.478 e. The maximum absolute atomic E-state index is 12.8. The van der Waals surface area contributed by atoms with Crippen LogP contribution in [0.1, 0.15) is 33.2 Å². The molecule has 0 aliphatic carbocycles. The summed E-state index contributed by atoms with van der Waals surface area (Å²) in [6.45, 7) is 1.38. The highest BCUT2D eigenvalue weighted by atomic mass is 32.2. The summed E-state index contributed by atoms with van der Waals surface area (Å²) in [7, 11) is 0. The lowest BCUT2D eigenvalue weighted by atomic mass is 9.98. The SMILES string of the molecule is CC(=O)Nc1cccc(Sc2ccc(C(=O)c3ccccc3C(=O)O)cc2[N+](=O)[O-])c1. The second-order valence-corrected chi connectivity index (χ2v) is 7.55. The molecule has 0 heterocycles. The van der Waals surface area contributed by atoms with Crippen LogP contribution in [0.3, 0.4) is 0 Å². The summed E-state index contributed by atoms with van der Waals surface area (Å²) in [6, 6.07) is 16.5. The first kappa shape index (κ1) is 21.7. The van der Waals surface area contributed by atoms with Crippen LogP contribution >= 0.6 is 11.8 Å². The molecule has 0 radical (unpaired) electrons. The molecule has 156 valence electrons. The van der Waals surface area contributed by atoms with Crippen LogP contribution in [0.15, 0.2) is 76.5 Å². The summed E-state index contributed by atoms with van der Waals surface area (Å²) in [5, 5.41) is 23.6. The number of amides is 1. The van der Waals surface area contributed by atoms with Crippen molar-refractivity contribution in [3.63, 3.8) is 0 Å². The van der Waals surface area contributed by atoms with Crippen LogP contribution in [0.5, 0.6) is 0 Å². The summed E-state index contributed by atoms with van der Waals surface area (Å²) in [5.74, 6) is -2.12. The van der Waals surface area contributed by atoms with Crippen molar-refractivity contribution in [3.8, 4) is 0 Å². The Kier molecular flexibility index (Phi) is 6.46. The van der Waals surface area contributed by atoms with Gasteiger partial charge in [-0.05, 0) is 36.4 Å². The molecule has 0 atom stereocenters. The van der Waals surface area contributed by atoms with Gasteiger partial charge >= 0.3 is 5.97 Å². The summed E-state index contributed by atoms with van der Waals surface area (Å²) in [6.07, 6.45) is 0. The Labute approximate surface area is 181 Å². The molecule has 0 aliphatic rings. The van der Waals surface area contributed by atoms with E-state index in [0.717, 1.165) is 17.8 Å². The third-order valence-corrected chi connectivity index (χ3v) is 5.26. The summed E-state index contributed by atoms with van der Waals surface area (Å²) >= 11 is 1.11. The standard InChI is InChI=1S/C22H16N2O6S/c1-13(25)23-15-5-4-6-16(12-15)31-20-10-9-14(11-19(20)24(29)30)21(26)17-7-2-3-8-18(17)22(27)28/h2-12H,1H3,(H,23,25)(H,27,28). The van der Waals surface area contributed by atoms with Gasteiger partial charge in [-0.25, -0.2) is 4.79 Å². The minimum absolute atomic E-state index is 0.0109. The second kappa shape index (κ2) is 9.23. The molecule has 0 aliphatic heterocycles. The molecule has 9 heteroatoms. The van der Waals surface area contributed by atoms with Gasteiger partial charge in [-0.1, -0.05) is 36.0 Å². The number of hydrogen-bond acceptors (Lipinski definition) is 6. The highest BCUT2D eigenvalue weighted by Crippen LogP contribution is 2.36. The van der Waals surface area contributed by atoms with E-state index in [1.165, 1.54) is 43.3 Å². The van der Waals surface area contributed by atoms with Crippen LogP contribution in [0.25, 0.3) is 0 Å². The van der Waals surface area contributed by atoms with Crippen LogP contribution in [0, 0.1) is 10.1 Å². The molecule has 2 N–H and O–H groups in total. The van der Waals surface area contributed by atoms with E-state index >= 15 is 0 Å². The van der Waals surface area contributed by atoms with Crippen molar-refractivity contribution in [2.45, 2.75) is 16.7 Å². The lowest BCUT2D eigenvalue weighted by Gasteiger charge is -2.09. The van der Waals surface area contributed by atoms with Crippen molar-refractivity contribution >= 4 is 40.8 Å². The van der Waals surface area contributed by atoms with Gasteiger partial charge in [-0.2, -0.15) is 0 Å². The molecule has 0 fully saturated rings. The van der Waals surface area contributed by atoms with Gasteiger partial charge in [0.05, 0.1) is 15.4 Å². The van der Waals surface area contributed by atoms with Crippen LogP contribution in [0.2, 0.25) is 0 Å². The normalized spacial score (nSPS) is 10.4. The lowest BCUT2D eigenvalue weighted by molar-refractivity contribution is -0.387. The number of ketones is 1. The Morgan fingerprint density at radius 2 is 1.68 bits per heavy atom. The lowest BCUT2D eigenvalue weighted by Crippen LogP contribution is -2.10. The number of aromatic carboxylic acids is 1. The van der Waals surface area contributed by atoms with Crippen molar-refractivity contribution < 1.29 is 24.4 Å². The zero-order valence-electron chi connectivity index (χ0n) is 16.2. The van der Waals surface area contributed by atoms with Gasteiger partial charge in [0, 0.05) is 34.7 Å². The van der Waals surface area contributed by atoms with E-state index in [4.69, 9.17) is 0 Å². The van der Waals surface area contributed by atoms with Crippen LogP contribution in [-0.2, 0) is 4.79 Å². The molecule has 0 unspecified atom stereocenters. The number of anilines is 1. The van der Waals surface area contributed by atoms with E-state index in [9.17, 15) is 29.6 Å². The molecule has 0 aromatic heterocycles. The van der Waals surface area contributed by atoms with E-state index in [1.807, 2.05) is 0 Å². The van der Waals surface area contributed by atoms with E-state index in [2.05, 4.69) is 5.32 Å². The minimum atomic E-state index is -1.26. The van der Waals surface area contributed by atoms with Gasteiger partial charge in [-0.3, -0.25) is 19.7 Å². The molecule has 3 rings (SSSR count). The third-order valence-electron chi connectivity index (χ3n) is 4.20. The fraction of sp³-hybridized carbons (Fsp3) is 0.0455. The fourth-order valence-electron chi connectivity index (χ4n) is 2.88. The van der Waals surface area contributed by atoms with Gasteiger partial charge in [0.1, 0.15) is 0 Å². The Morgan fingerprint density at radius 3 is 2.32 bits per heavy atom. The predicted octanol–water partition coefficient (Wildman–Crippen LogP) is 4.63. The Bertz CT molecular complexity index is 1210. The first-order valence-corrected chi connectivity index (χ1v) is 9.79. The minimum Gasteiger partial charge on any atom is -0.478 e. The summed E-state index contributed by atoms with van der Waals surface area (Å²) in [4.78, 5) is 47.5. The average molecular weight is 436 g/mol. The number of carboxylic acids is 1. The predicted molar refractivity (Wildman–Crippen MR) is 115 cm³/mol. The van der Waals surface area contributed by atoms with Gasteiger partial charge in [-0.15, -0.1) is 0 Å². The quantitative estimate of drug-likeness (QED) is 0.314. The number of carbonyl (C=O) groups is 3. The number of rotatable bonds is 7. The van der Waals surface area contributed by atoms with E-state index < -0.39 is 16.7 Å². The maximum atomic E-state index is 12.8. The molecular formula is C22H16N2O6S. The van der Waals surface area contributed by atoms with E-state index in [-0.39, 0.29) is 28.3 Å². The third kappa shape index (κ3) is 5.14. The summed E-state index contributed by atoms with van der Waals surface area (Å²) in [5.41, 5.74) is 0.0543. The van der Waals surface area contributed by atoms with Crippen molar-refractivity contribution in [1.29, 1.82) is 0 Å². The highest BCUT2D eigenvalue weighted by molar-refractivity contribution is 7.99. The first-order chi connectivity index (χ1) is 14.8. The van der Waals surface area contributed by atoms with Crippen LogP contribution in [-0.4, -0.2) is 27.7 Å². The highest BCUT2D eigenvalue weighted by Gasteiger charge is 2.22. The second-order valence-electron chi connectivity index (χ2n) is 6.43. The topological polar surface area (TPSA) is 127 Å². The number of nitro benzene ring substituents is 1. The zero-order valence-corrected chi connectivity index (χ0v) is 17.0. The molecule has 1 amide bonds. The number of carbonyl (C=O) groups excluding carboxylic acids is 2. The van der Waals surface area contributed by atoms with Crippen LogP contribution in [0.4, 0.5) is 11.4 Å². The monoisotopic (exact) mass is 436 g/mol. The van der Waals surface area contributed by atoms with Gasteiger partial charge in [0.15, 0.2) is 5.78 Å². The van der Waals surface area contributed by atoms with Crippen molar-refractivity contribution in [3.05, 3.63) is 93.5 Å². The average Bonchev–Trinajstić information content (AvgIpc) is 2.73. The number of hydrogen-bond donors (Lipinski definition) is 2. The smallest absolute Gasteiger partial charge is 0.336 e. The molecule has 0 saturated carbocycles. The fourth-order valence-corrected chi connectivity index (χ4v) is 3.84. The molecule has 3 aromatic rings. The molecule has 0 spiro atoms. The molecule has 0 bridgehead atoms. The Hall–Kier alpha value is -3.98. The Balaban J connectivity index is 1.96. The van der Waals surface area contributed by atoms with Crippen molar-refractivity contribution in [2.24, 2.45) is 0 Å². The molecule has 31 heavy (non-hydrogen) atoms. The van der Waals surface area contributed by atoms with Gasteiger partial charge < -0.3 is 10.4 Å². The molecule has 0 saturated heterocycles. The molecular weight excluding hydrogens is 420 g/mol. The number of nitrogens with one attached hydrogen (secondary N) is 1. The number of nitro groups is 1. The van der Waals surface area contributed by atoms with Crippen molar-refractivity contribution in [2.75, 3.05) is 5.32 Å². The van der Waals surface area contributed by atoms with Gasteiger partial charge in [0.2, 0.25) is 5.91 Å². The van der Waals surface area contributed by atoms with Crippen molar-refractivity contribution in [1.82, 2.24) is 0 Å². The molecule has 8 nitrogen and oxygen atoms in total. The van der Waals surface area contributed by atoms with Gasteiger partial charge in [0.25, 0.3) is 5.69 Å².